The van der Waals surface area contributed by atoms with Gasteiger partial charge in [0.1, 0.15) is 21.4 Å². The molecule has 0 aliphatic carbocycles. The highest BCUT2D eigenvalue weighted by Crippen LogP contribution is 2.28. The van der Waals surface area contributed by atoms with Crippen molar-refractivity contribution in [1.29, 1.82) is 0 Å². The Morgan fingerprint density at radius 3 is 2.77 bits per heavy atom. The maximum absolute atomic E-state index is 13.9. The molecular formula is C19H17ClFN3O4S2. The molecule has 1 aromatic carbocycles. The summed E-state index contributed by atoms with van der Waals surface area (Å²) >= 11 is 6.67. The molecule has 2 aromatic heterocycles. The number of hydrogen-bond acceptors (Lipinski definition) is 6. The van der Waals surface area contributed by atoms with Crippen LogP contribution in [0.5, 0.6) is 0 Å². The quantitative estimate of drug-likeness (QED) is 0.498. The summed E-state index contributed by atoms with van der Waals surface area (Å²) in [7, 11) is -3.98. The van der Waals surface area contributed by atoms with Gasteiger partial charge in [0, 0.05) is 16.3 Å². The molecule has 0 fully saturated rings. The minimum atomic E-state index is -3.98. The van der Waals surface area contributed by atoms with E-state index in [9.17, 15) is 17.6 Å². The third-order valence-electron chi connectivity index (χ3n) is 3.92. The van der Waals surface area contributed by atoms with E-state index in [0.29, 0.717) is 28.4 Å². The molecular weight excluding hydrogens is 453 g/mol. The normalized spacial score (nSPS) is 11.7. The van der Waals surface area contributed by atoms with Crippen molar-refractivity contribution in [1.82, 2.24) is 5.16 Å². The lowest BCUT2D eigenvalue weighted by molar-refractivity contribution is -0.115. The summed E-state index contributed by atoms with van der Waals surface area (Å²) in [6, 6.07) is 6.67. The van der Waals surface area contributed by atoms with Crippen LogP contribution in [0.1, 0.15) is 29.7 Å². The van der Waals surface area contributed by atoms with Gasteiger partial charge in [-0.1, -0.05) is 23.7 Å². The first-order valence-electron chi connectivity index (χ1n) is 8.71. The molecule has 158 valence electrons. The van der Waals surface area contributed by atoms with Crippen LogP contribution >= 0.6 is 22.9 Å². The summed E-state index contributed by atoms with van der Waals surface area (Å²) in [4.78, 5) is 12.3. The highest BCUT2D eigenvalue weighted by molar-refractivity contribution is 7.94. The molecule has 2 N–H and O–H groups in total. The van der Waals surface area contributed by atoms with Crippen LogP contribution in [0.2, 0.25) is 5.02 Å². The first-order chi connectivity index (χ1) is 14.2. The molecule has 1 amide bonds. The number of carbonyl (C=O) groups is 1. The number of aromatic nitrogens is 1. The van der Waals surface area contributed by atoms with Crippen molar-refractivity contribution >= 4 is 62.4 Å². The zero-order chi connectivity index (χ0) is 21.9. The van der Waals surface area contributed by atoms with E-state index in [1.807, 2.05) is 0 Å². The first kappa shape index (κ1) is 22.0. The summed E-state index contributed by atoms with van der Waals surface area (Å²) in [5, 5.41) is 6.71. The molecule has 0 saturated heterocycles. The van der Waals surface area contributed by atoms with E-state index in [1.165, 1.54) is 18.2 Å². The SMILES string of the molecule is CCC(=O)Nc1c(C)noc1/C=C/c1ccc(S(=O)(=O)Nc2ccc(Cl)cc2F)s1. The van der Waals surface area contributed by atoms with E-state index >= 15 is 0 Å². The minimum Gasteiger partial charge on any atom is -0.354 e. The zero-order valence-electron chi connectivity index (χ0n) is 15.9. The lowest BCUT2D eigenvalue weighted by Crippen LogP contribution is -2.12. The molecule has 11 heteroatoms. The average Bonchev–Trinajstić information content (AvgIpc) is 3.30. The molecule has 0 bridgehead atoms. The Labute approximate surface area is 181 Å². The van der Waals surface area contributed by atoms with Crippen LogP contribution < -0.4 is 10.0 Å². The molecule has 7 nitrogen and oxygen atoms in total. The number of thiophene rings is 1. The molecule has 3 rings (SSSR count). The van der Waals surface area contributed by atoms with E-state index in [4.69, 9.17) is 16.1 Å². The largest absolute Gasteiger partial charge is 0.354 e. The van der Waals surface area contributed by atoms with Gasteiger partial charge in [-0.25, -0.2) is 12.8 Å². The molecule has 0 unspecified atom stereocenters. The number of hydrogen-bond donors (Lipinski definition) is 2. The molecule has 30 heavy (non-hydrogen) atoms. The van der Waals surface area contributed by atoms with Gasteiger partial charge in [-0.05, 0) is 49.4 Å². The van der Waals surface area contributed by atoms with Gasteiger partial charge in [-0.3, -0.25) is 9.52 Å². The Morgan fingerprint density at radius 1 is 1.30 bits per heavy atom. The lowest BCUT2D eigenvalue weighted by Gasteiger charge is -2.07. The van der Waals surface area contributed by atoms with Gasteiger partial charge in [0.05, 0.1) is 5.69 Å². The standard InChI is InChI=1S/C19H17ClFN3O4S2/c1-3-17(25)22-19-11(2)23-28-16(19)8-5-13-6-9-18(29-13)30(26,27)24-15-7-4-12(20)10-14(15)21/h4-10,24H,3H2,1-2H3,(H,22,25)/b8-5+. The van der Waals surface area contributed by atoms with Gasteiger partial charge >= 0.3 is 0 Å². The second-order valence-corrected chi connectivity index (χ2v) is 9.59. The number of amides is 1. The smallest absolute Gasteiger partial charge is 0.271 e. The molecule has 2 heterocycles. The van der Waals surface area contributed by atoms with E-state index in [-0.39, 0.29) is 20.8 Å². The van der Waals surface area contributed by atoms with E-state index < -0.39 is 15.8 Å². The van der Waals surface area contributed by atoms with Gasteiger partial charge in [-0.15, -0.1) is 11.3 Å². The second kappa shape index (κ2) is 8.99. The van der Waals surface area contributed by atoms with Crippen LogP contribution in [0.15, 0.2) is 39.1 Å². The van der Waals surface area contributed by atoms with E-state index in [0.717, 1.165) is 17.4 Å². The number of nitrogens with zero attached hydrogens (tertiary/aromatic N) is 1. The Bertz CT molecular complexity index is 1220. The summed E-state index contributed by atoms with van der Waals surface area (Å²) in [6.07, 6.45) is 3.52. The predicted molar refractivity (Wildman–Crippen MR) is 116 cm³/mol. The molecule has 0 radical (unpaired) electrons. The number of sulfonamides is 1. The molecule has 0 aliphatic rings. The lowest BCUT2D eigenvalue weighted by atomic mass is 10.2. The number of carbonyl (C=O) groups excluding carboxylic acids is 1. The van der Waals surface area contributed by atoms with Crippen LogP contribution in [0.4, 0.5) is 15.8 Å². The highest BCUT2D eigenvalue weighted by Gasteiger charge is 2.19. The third-order valence-corrected chi connectivity index (χ3v) is 7.06. The Balaban J connectivity index is 1.79. The highest BCUT2D eigenvalue weighted by atomic mass is 35.5. The maximum Gasteiger partial charge on any atom is 0.271 e. The Hall–Kier alpha value is -2.69. The third kappa shape index (κ3) is 5.07. The van der Waals surface area contributed by atoms with Crippen molar-refractivity contribution in [2.75, 3.05) is 10.0 Å². The van der Waals surface area contributed by atoms with E-state index in [1.54, 1.807) is 32.1 Å². The van der Waals surface area contributed by atoms with Crippen molar-refractivity contribution in [3.8, 4) is 0 Å². The van der Waals surface area contributed by atoms with Crippen LogP contribution in [0.25, 0.3) is 12.2 Å². The van der Waals surface area contributed by atoms with Crippen LogP contribution in [0, 0.1) is 12.7 Å². The number of halogens is 2. The molecule has 0 saturated carbocycles. The zero-order valence-corrected chi connectivity index (χ0v) is 18.3. The summed E-state index contributed by atoms with van der Waals surface area (Å²) in [5.74, 6) is -0.612. The number of benzene rings is 1. The fraction of sp³-hybridized carbons (Fsp3) is 0.158. The minimum absolute atomic E-state index is 0.00441. The molecule has 0 spiro atoms. The fourth-order valence-corrected chi connectivity index (χ4v) is 4.83. The summed E-state index contributed by atoms with van der Waals surface area (Å²) < 4.78 is 46.4. The van der Waals surface area contributed by atoms with Gasteiger partial charge in [0.25, 0.3) is 10.0 Å². The molecule has 0 atom stereocenters. The van der Waals surface area contributed by atoms with Crippen molar-refractivity contribution in [2.24, 2.45) is 0 Å². The topological polar surface area (TPSA) is 101 Å². The number of nitrogens with one attached hydrogen (secondary N) is 2. The van der Waals surface area contributed by atoms with E-state index in [2.05, 4.69) is 15.2 Å². The van der Waals surface area contributed by atoms with Gasteiger partial charge in [0.2, 0.25) is 5.91 Å². The van der Waals surface area contributed by atoms with Crippen molar-refractivity contribution in [3.05, 3.63) is 57.5 Å². The average molecular weight is 470 g/mol. The van der Waals surface area contributed by atoms with Crippen molar-refractivity contribution < 1.29 is 22.1 Å². The van der Waals surface area contributed by atoms with Crippen molar-refractivity contribution in [2.45, 2.75) is 24.5 Å². The fourth-order valence-electron chi connectivity index (χ4n) is 2.37. The first-order valence-corrected chi connectivity index (χ1v) is 11.4. The van der Waals surface area contributed by atoms with Crippen LogP contribution in [-0.2, 0) is 14.8 Å². The number of anilines is 2. The molecule has 0 aliphatic heterocycles. The Morgan fingerprint density at radius 2 is 2.07 bits per heavy atom. The molecule has 3 aromatic rings. The van der Waals surface area contributed by atoms with Gasteiger partial charge in [-0.2, -0.15) is 0 Å². The monoisotopic (exact) mass is 469 g/mol. The van der Waals surface area contributed by atoms with Crippen LogP contribution in [0.3, 0.4) is 0 Å². The maximum atomic E-state index is 13.9. The van der Waals surface area contributed by atoms with Gasteiger partial charge in [0.15, 0.2) is 5.76 Å². The second-order valence-electron chi connectivity index (χ2n) is 6.13. The van der Waals surface area contributed by atoms with Crippen molar-refractivity contribution in [3.63, 3.8) is 0 Å². The van der Waals surface area contributed by atoms with Gasteiger partial charge < -0.3 is 9.84 Å². The van der Waals surface area contributed by atoms with Crippen LogP contribution in [-0.4, -0.2) is 19.5 Å². The Kier molecular flexibility index (Phi) is 6.59. The summed E-state index contributed by atoms with van der Waals surface area (Å²) in [6.45, 7) is 3.43. The predicted octanol–water partition coefficient (Wildman–Crippen LogP) is 5.16. The number of aryl methyl sites for hydroxylation is 1. The summed E-state index contributed by atoms with van der Waals surface area (Å²) in [5.41, 5.74) is 0.792. The number of rotatable bonds is 7.